The van der Waals surface area contributed by atoms with Crippen LogP contribution in [-0.2, 0) is 12.0 Å². The molecule has 2 atom stereocenters. The average Bonchev–Trinajstić information content (AvgIpc) is 2.56. The van der Waals surface area contributed by atoms with Crippen molar-refractivity contribution in [2.75, 3.05) is 5.32 Å². The van der Waals surface area contributed by atoms with E-state index in [-0.39, 0.29) is 17.3 Å². The summed E-state index contributed by atoms with van der Waals surface area (Å²) in [6, 6.07) is 9.99. The Morgan fingerprint density at radius 3 is 2.72 bits per heavy atom. The summed E-state index contributed by atoms with van der Waals surface area (Å²) in [6.07, 6.45) is 6.10. The van der Waals surface area contributed by atoms with E-state index in [0.717, 1.165) is 29.8 Å². The van der Waals surface area contributed by atoms with Crippen molar-refractivity contribution in [3.8, 4) is 0 Å². The Labute approximate surface area is 146 Å². The van der Waals surface area contributed by atoms with Crippen molar-refractivity contribution in [3.05, 3.63) is 87.1 Å². The molecule has 2 bridgehead atoms. The highest BCUT2D eigenvalue weighted by Gasteiger charge is 2.46. The van der Waals surface area contributed by atoms with Crippen molar-refractivity contribution in [1.29, 1.82) is 0 Å². The van der Waals surface area contributed by atoms with Gasteiger partial charge in [0.05, 0.1) is 5.54 Å². The van der Waals surface area contributed by atoms with Gasteiger partial charge in [0.25, 0.3) is 0 Å². The van der Waals surface area contributed by atoms with E-state index in [1.54, 1.807) is 18.2 Å². The van der Waals surface area contributed by atoms with Crippen LogP contribution in [0.15, 0.2) is 64.5 Å². The molecule has 1 heterocycles. The Hall–Kier alpha value is -2.62. The fourth-order valence-electron chi connectivity index (χ4n) is 4.47. The molecule has 2 N–H and O–H groups in total. The number of rotatable bonds is 2. The summed E-state index contributed by atoms with van der Waals surface area (Å²) in [5.74, 6) is 0.0116. The average molecular weight is 336 g/mol. The zero-order valence-corrected chi connectivity index (χ0v) is 14.4. The normalized spacial score (nSPS) is 26.1. The quantitative estimate of drug-likeness (QED) is 0.804. The maximum atomic E-state index is 13.3. The van der Waals surface area contributed by atoms with Crippen molar-refractivity contribution < 1.29 is 4.39 Å². The molecule has 0 radical (unpaired) electrons. The van der Waals surface area contributed by atoms with Crippen LogP contribution in [0.1, 0.15) is 31.5 Å². The van der Waals surface area contributed by atoms with Gasteiger partial charge in [0.15, 0.2) is 0 Å². The lowest BCUT2D eigenvalue weighted by atomic mass is 9.63. The summed E-state index contributed by atoms with van der Waals surface area (Å²) in [5.41, 5.74) is 5.11. The monoisotopic (exact) mass is 336 g/mol. The molecule has 0 saturated carbocycles. The minimum absolute atomic E-state index is 0.0709. The molecule has 3 nitrogen and oxygen atoms in total. The number of fused-ring (bicyclic) bond motifs is 4. The number of aromatic nitrogens is 1. The topological polar surface area (TPSA) is 44.9 Å². The van der Waals surface area contributed by atoms with Gasteiger partial charge in [0, 0.05) is 28.9 Å². The summed E-state index contributed by atoms with van der Waals surface area (Å²) in [5, 5.41) is 3.66. The zero-order chi connectivity index (χ0) is 17.6. The third-order valence-corrected chi connectivity index (χ3v) is 5.32. The highest BCUT2D eigenvalue weighted by atomic mass is 19.1. The first-order valence-electron chi connectivity index (χ1n) is 8.62. The number of anilines is 1. The lowest BCUT2D eigenvalue weighted by molar-refractivity contribution is 0.440. The first-order chi connectivity index (χ1) is 12.0. The Morgan fingerprint density at radius 2 is 2.00 bits per heavy atom. The van der Waals surface area contributed by atoms with E-state index < -0.39 is 5.54 Å². The molecule has 1 aromatic heterocycles. The van der Waals surface area contributed by atoms with Crippen molar-refractivity contribution in [1.82, 2.24) is 4.98 Å². The maximum absolute atomic E-state index is 13.3. The molecule has 4 rings (SSSR count). The lowest BCUT2D eigenvalue weighted by Gasteiger charge is -2.48. The molecule has 0 aliphatic heterocycles. The number of aromatic amines is 1. The van der Waals surface area contributed by atoms with Crippen LogP contribution in [0.5, 0.6) is 0 Å². The van der Waals surface area contributed by atoms with Gasteiger partial charge >= 0.3 is 0 Å². The van der Waals surface area contributed by atoms with Crippen LogP contribution < -0.4 is 10.9 Å². The number of allylic oxidation sites excluding steroid dienone is 2. The van der Waals surface area contributed by atoms with Gasteiger partial charge in [-0.2, -0.15) is 0 Å². The largest absolute Gasteiger partial charge is 0.371 e. The van der Waals surface area contributed by atoms with E-state index in [9.17, 15) is 9.18 Å². The fraction of sp³-hybridized carbons (Fsp3) is 0.286. The third-order valence-electron chi connectivity index (χ3n) is 5.32. The minimum atomic E-state index is -0.409. The van der Waals surface area contributed by atoms with Gasteiger partial charge < -0.3 is 10.3 Å². The van der Waals surface area contributed by atoms with E-state index in [1.807, 2.05) is 6.07 Å². The SMILES string of the molecule is C/C=C1\[C@H]2C=C(C)C[C@]1(Nc1ccc(F)cc1)c1ccc(=O)[nH]c1C2. The van der Waals surface area contributed by atoms with Gasteiger partial charge in [-0.3, -0.25) is 4.79 Å². The van der Waals surface area contributed by atoms with Crippen molar-refractivity contribution >= 4 is 5.69 Å². The third kappa shape index (κ3) is 2.53. The second-order valence-electron chi connectivity index (χ2n) is 7.00. The molecule has 0 unspecified atom stereocenters. The molecule has 0 amide bonds. The van der Waals surface area contributed by atoms with Gasteiger partial charge in [0.1, 0.15) is 5.82 Å². The second-order valence-corrected chi connectivity index (χ2v) is 7.00. The van der Waals surface area contributed by atoms with Crippen LogP contribution in [-0.4, -0.2) is 4.98 Å². The standard InChI is InChI=1S/C21H21FN2O/c1-3-17-14-10-13(2)12-21(17,24-16-6-4-15(22)5-7-16)18-8-9-20(25)23-19(18)11-14/h3-10,14,24H,11-12H2,1-2H3,(H,23,25)/b17-3+/t14-,21+/m0/s1. The van der Waals surface area contributed by atoms with Gasteiger partial charge in [-0.05, 0) is 62.6 Å². The Balaban J connectivity index is 1.92. The predicted octanol–water partition coefficient (Wildman–Crippen LogP) is 4.29. The Kier molecular flexibility index (Phi) is 3.64. The van der Waals surface area contributed by atoms with Crippen LogP contribution in [0.3, 0.4) is 0 Å². The summed E-state index contributed by atoms with van der Waals surface area (Å²) in [4.78, 5) is 14.9. The molecule has 25 heavy (non-hydrogen) atoms. The summed E-state index contributed by atoms with van der Waals surface area (Å²) in [7, 11) is 0. The number of halogens is 1. The number of H-pyrrole nitrogens is 1. The first-order valence-corrected chi connectivity index (χ1v) is 8.62. The molecule has 128 valence electrons. The molecular weight excluding hydrogens is 315 g/mol. The van der Waals surface area contributed by atoms with Crippen molar-refractivity contribution in [3.63, 3.8) is 0 Å². The molecular formula is C21H21FN2O. The summed E-state index contributed by atoms with van der Waals surface area (Å²) < 4.78 is 13.3. The maximum Gasteiger partial charge on any atom is 0.248 e. The Morgan fingerprint density at radius 1 is 1.24 bits per heavy atom. The summed E-state index contributed by atoms with van der Waals surface area (Å²) >= 11 is 0. The number of hydrogen-bond donors (Lipinski definition) is 2. The number of nitrogens with one attached hydrogen (secondary N) is 2. The van der Waals surface area contributed by atoms with Crippen LogP contribution in [0.2, 0.25) is 0 Å². The second kappa shape index (κ2) is 5.73. The van der Waals surface area contributed by atoms with E-state index in [2.05, 4.69) is 36.3 Å². The van der Waals surface area contributed by atoms with E-state index in [0.29, 0.717) is 0 Å². The molecule has 2 aliphatic carbocycles. The highest BCUT2D eigenvalue weighted by Crippen LogP contribution is 2.51. The minimum Gasteiger partial charge on any atom is -0.371 e. The fourth-order valence-corrected chi connectivity index (χ4v) is 4.47. The molecule has 2 aliphatic rings. The molecule has 0 fully saturated rings. The number of hydrogen-bond acceptors (Lipinski definition) is 2. The predicted molar refractivity (Wildman–Crippen MR) is 98.1 cm³/mol. The van der Waals surface area contributed by atoms with Crippen molar-refractivity contribution in [2.24, 2.45) is 5.92 Å². The number of benzene rings is 1. The molecule has 2 aromatic rings. The number of pyridine rings is 1. The van der Waals surface area contributed by atoms with E-state index >= 15 is 0 Å². The van der Waals surface area contributed by atoms with Crippen LogP contribution in [0.25, 0.3) is 0 Å². The lowest BCUT2D eigenvalue weighted by Crippen LogP contribution is -2.47. The Bertz CT molecular complexity index is 939. The van der Waals surface area contributed by atoms with Gasteiger partial charge in [-0.25, -0.2) is 4.39 Å². The molecule has 0 saturated heterocycles. The van der Waals surface area contributed by atoms with Gasteiger partial charge in [-0.15, -0.1) is 0 Å². The highest BCUT2D eigenvalue weighted by molar-refractivity contribution is 5.58. The summed E-state index contributed by atoms with van der Waals surface area (Å²) in [6.45, 7) is 4.21. The molecule has 4 heteroatoms. The molecule has 0 spiro atoms. The van der Waals surface area contributed by atoms with Crippen LogP contribution in [0, 0.1) is 11.7 Å². The van der Waals surface area contributed by atoms with Gasteiger partial charge in [0.2, 0.25) is 5.56 Å². The van der Waals surface area contributed by atoms with Crippen LogP contribution >= 0.6 is 0 Å². The van der Waals surface area contributed by atoms with Crippen LogP contribution in [0.4, 0.5) is 10.1 Å². The van der Waals surface area contributed by atoms with Crippen molar-refractivity contribution in [2.45, 2.75) is 32.2 Å². The van der Waals surface area contributed by atoms with E-state index in [1.165, 1.54) is 23.3 Å². The zero-order valence-electron chi connectivity index (χ0n) is 14.4. The van der Waals surface area contributed by atoms with Gasteiger partial charge in [-0.1, -0.05) is 17.7 Å². The van der Waals surface area contributed by atoms with E-state index in [4.69, 9.17) is 0 Å². The smallest absolute Gasteiger partial charge is 0.248 e. The molecule has 1 aromatic carbocycles. The first kappa shape index (κ1) is 15.9.